The Kier molecular flexibility index (Phi) is 9.41. The van der Waals surface area contributed by atoms with Gasteiger partial charge in [0.1, 0.15) is 0 Å². The first kappa shape index (κ1) is 22.7. The SMILES string of the molecule is CC(C)N(C)C(=O)c1ccc(Cl)c(NC(=O)CCC2CCNCC2)c1.Cl. The van der Waals surface area contributed by atoms with Crippen LogP contribution in [0, 0.1) is 5.92 Å². The fourth-order valence-electron chi connectivity index (χ4n) is 2.91. The molecule has 1 aliphatic rings. The lowest BCUT2D eigenvalue weighted by molar-refractivity contribution is -0.116. The Bertz CT molecular complexity index is 617. The number of carbonyl (C=O) groups excluding carboxylic acids is 2. The number of hydrogen-bond acceptors (Lipinski definition) is 3. The molecule has 5 nitrogen and oxygen atoms in total. The van der Waals surface area contributed by atoms with Crippen LogP contribution in [0.3, 0.4) is 0 Å². The van der Waals surface area contributed by atoms with E-state index in [1.54, 1.807) is 30.1 Å². The molecule has 1 aromatic rings. The standard InChI is InChI=1S/C19H28ClN3O2.ClH/c1-13(2)23(3)19(25)15-5-6-16(20)17(12-15)22-18(24)7-4-14-8-10-21-11-9-14;/h5-6,12-14,21H,4,7-11H2,1-3H3,(H,22,24);1H. The molecule has 0 radical (unpaired) electrons. The minimum atomic E-state index is -0.0862. The second kappa shape index (κ2) is 10.8. The number of nitrogens with zero attached hydrogens (tertiary/aromatic N) is 1. The van der Waals surface area contributed by atoms with Crippen molar-refractivity contribution in [2.75, 3.05) is 25.5 Å². The maximum atomic E-state index is 12.4. The predicted octanol–water partition coefficient (Wildman–Crippen LogP) is 3.96. The number of hydrogen-bond donors (Lipinski definition) is 2. The zero-order valence-corrected chi connectivity index (χ0v) is 17.3. The normalized spacial score (nSPS) is 14.7. The Labute approximate surface area is 167 Å². The Morgan fingerprint density at radius 1 is 1.31 bits per heavy atom. The lowest BCUT2D eigenvalue weighted by Crippen LogP contribution is -2.33. The molecule has 1 aliphatic heterocycles. The molecule has 1 aromatic carbocycles. The van der Waals surface area contributed by atoms with Crippen LogP contribution in [0.1, 0.15) is 49.9 Å². The van der Waals surface area contributed by atoms with Gasteiger partial charge in [-0.1, -0.05) is 11.6 Å². The molecule has 146 valence electrons. The third-order valence-electron chi connectivity index (χ3n) is 4.82. The number of nitrogens with one attached hydrogen (secondary N) is 2. The topological polar surface area (TPSA) is 61.4 Å². The maximum Gasteiger partial charge on any atom is 0.253 e. The third kappa shape index (κ3) is 6.45. The second-order valence-corrected chi connectivity index (χ2v) is 7.39. The van der Waals surface area contributed by atoms with Gasteiger partial charge < -0.3 is 15.5 Å². The summed E-state index contributed by atoms with van der Waals surface area (Å²) in [5.74, 6) is 0.467. The molecule has 0 saturated carbocycles. The molecule has 1 saturated heterocycles. The van der Waals surface area contributed by atoms with Gasteiger partial charge in [0.25, 0.3) is 5.91 Å². The van der Waals surface area contributed by atoms with Crippen LogP contribution >= 0.6 is 24.0 Å². The van der Waals surface area contributed by atoms with Crippen molar-refractivity contribution in [2.24, 2.45) is 5.92 Å². The zero-order valence-electron chi connectivity index (χ0n) is 15.7. The van der Waals surface area contributed by atoms with Gasteiger partial charge >= 0.3 is 0 Å². The van der Waals surface area contributed by atoms with Crippen LogP contribution in [0.25, 0.3) is 0 Å². The molecule has 1 fully saturated rings. The van der Waals surface area contributed by atoms with E-state index in [0.29, 0.717) is 28.6 Å². The van der Waals surface area contributed by atoms with Crippen molar-refractivity contribution in [1.29, 1.82) is 0 Å². The Morgan fingerprint density at radius 3 is 2.58 bits per heavy atom. The summed E-state index contributed by atoms with van der Waals surface area (Å²) in [7, 11) is 1.76. The molecule has 0 atom stereocenters. The fourth-order valence-corrected chi connectivity index (χ4v) is 3.08. The first-order chi connectivity index (χ1) is 11.9. The lowest BCUT2D eigenvalue weighted by Gasteiger charge is -2.22. The summed E-state index contributed by atoms with van der Waals surface area (Å²) in [5.41, 5.74) is 1.02. The first-order valence-corrected chi connectivity index (χ1v) is 9.33. The van der Waals surface area contributed by atoms with E-state index < -0.39 is 0 Å². The summed E-state index contributed by atoms with van der Waals surface area (Å²) in [5, 5.41) is 6.63. The summed E-state index contributed by atoms with van der Waals surface area (Å²) >= 11 is 6.19. The van der Waals surface area contributed by atoms with Crippen LogP contribution in [0.4, 0.5) is 5.69 Å². The fraction of sp³-hybridized carbons (Fsp3) is 0.579. The smallest absolute Gasteiger partial charge is 0.253 e. The number of rotatable bonds is 6. The Hall–Kier alpha value is -1.30. The zero-order chi connectivity index (χ0) is 18.4. The monoisotopic (exact) mass is 401 g/mol. The van der Waals surface area contributed by atoms with Gasteiger partial charge in [0.15, 0.2) is 0 Å². The molecule has 2 N–H and O–H groups in total. The van der Waals surface area contributed by atoms with Crippen LogP contribution < -0.4 is 10.6 Å². The number of halogens is 2. The number of amides is 2. The maximum absolute atomic E-state index is 12.4. The van der Waals surface area contributed by atoms with Gasteiger partial charge in [0.05, 0.1) is 10.7 Å². The lowest BCUT2D eigenvalue weighted by atomic mass is 9.93. The molecule has 0 aliphatic carbocycles. The van der Waals surface area contributed by atoms with Crippen LogP contribution in [-0.2, 0) is 4.79 Å². The number of anilines is 1. The van der Waals surface area contributed by atoms with Crippen molar-refractivity contribution in [1.82, 2.24) is 10.2 Å². The van der Waals surface area contributed by atoms with Crippen LogP contribution in [0.2, 0.25) is 5.02 Å². The van der Waals surface area contributed by atoms with Gasteiger partial charge in [0.2, 0.25) is 5.91 Å². The summed E-state index contributed by atoms with van der Waals surface area (Å²) in [4.78, 5) is 26.3. The highest BCUT2D eigenvalue weighted by atomic mass is 35.5. The minimum absolute atomic E-state index is 0. The van der Waals surface area contributed by atoms with E-state index >= 15 is 0 Å². The third-order valence-corrected chi connectivity index (χ3v) is 5.15. The van der Waals surface area contributed by atoms with Gasteiger partial charge in [-0.25, -0.2) is 0 Å². The highest BCUT2D eigenvalue weighted by molar-refractivity contribution is 6.33. The molecule has 0 spiro atoms. The summed E-state index contributed by atoms with van der Waals surface area (Å²) < 4.78 is 0. The quantitative estimate of drug-likeness (QED) is 0.757. The van der Waals surface area contributed by atoms with Gasteiger partial charge in [-0.05, 0) is 70.3 Å². The minimum Gasteiger partial charge on any atom is -0.339 e. The van der Waals surface area contributed by atoms with E-state index in [-0.39, 0.29) is 30.3 Å². The molecular weight excluding hydrogens is 373 g/mol. The molecule has 26 heavy (non-hydrogen) atoms. The van der Waals surface area contributed by atoms with E-state index in [2.05, 4.69) is 10.6 Å². The van der Waals surface area contributed by atoms with Crippen molar-refractivity contribution in [3.05, 3.63) is 28.8 Å². The van der Waals surface area contributed by atoms with Crippen molar-refractivity contribution in [3.8, 4) is 0 Å². The summed E-state index contributed by atoms with van der Waals surface area (Å²) in [6, 6.07) is 5.11. The van der Waals surface area contributed by atoms with E-state index in [1.165, 1.54) is 0 Å². The van der Waals surface area contributed by atoms with Crippen LogP contribution in [-0.4, -0.2) is 42.9 Å². The average Bonchev–Trinajstić information content (AvgIpc) is 2.61. The molecule has 0 aromatic heterocycles. The Morgan fingerprint density at radius 2 is 1.96 bits per heavy atom. The van der Waals surface area contributed by atoms with Crippen molar-refractivity contribution in [2.45, 2.75) is 45.6 Å². The van der Waals surface area contributed by atoms with E-state index in [4.69, 9.17) is 11.6 Å². The van der Waals surface area contributed by atoms with Gasteiger partial charge in [-0.2, -0.15) is 0 Å². The molecular formula is C19H29Cl2N3O2. The highest BCUT2D eigenvalue weighted by Gasteiger charge is 2.18. The molecule has 2 amide bonds. The molecule has 7 heteroatoms. The number of piperidine rings is 1. The number of benzene rings is 1. The second-order valence-electron chi connectivity index (χ2n) is 6.98. The molecule has 0 unspecified atom stereocenters. The van der Waals surface area contributed by atoms with Gasteiger partial charge in [-0.3, -0.25) is 9.59 Å². The predicted molar refractivity (Wildman–Crippen MR) is 109 cm³/mol. The average molecular weight is 402 g/mol. The molecule has 1 heterocycles. The van der Waals surface area contributed by atoms with Gasteiger partial charge in [0, 0.05) is 25.1 Å². The molecule has 2 rings (SSSR count). The van der Waals surface area contributed by atoms with Crippen molar-refractivity contribution in [3.63, 3.8) is 0 Å². The van der Waals surface area contributed by atoms with Crippen molar-refractivity contribution < 1.29 is 9.59 Å². The molecule has 0 bridgehead atoms. The Balaban J connectivity index is 0.00000338. The highest BCUT2D eigenvalue weighted by Crippen LogP contribution is 2.25. The van der Waals surface area contributed by atoms with E-state index in [0.717, 1.165) is 32.4 Å². The van der Waals surface area contributed by atoms with Crippen LogP contribution in [0.15, 0.2) is 18.2 Å². The number of carbonyl (C=O) groups is 2. The summed E-state index contributed by atoms with van der Waals surface area (Å²) in [6.45, 7) is 5.98. The first-order valence-electron chi connectivity index (χ1n) is 8.95. The van der Waals surface area contributed by atoms with E-state index in [1.807, 2.05) is 13.8 Å². The van der Waals surface area contributed by atoms with Crippen molar-refractivity contribution >= 4 is 41.5 Å². The van der Waals surface area contributed by atoms with E-state index in [9.17, 15) is 9.59 Å². The summed E-state index contributed by atoms with van der Waals surface area (Å²) in [6.07, 6.45) is 3.62. The van der Waals surface area contributed by atoms with Gasteiger partial charge in [-0.15, -0.1) is 12.4 Å². The largest absolute Gasteiger partial charge is 0.339 e. The van der Waals surface area contributed by atoms with Crippen LogP contribution in [0.5, 0.6) is 0 Å².